The molecule has 190 valence electrons. The monoisotopic (exact) mass is 494 g/mol. The Labute approximate surface area is 209 Å². The lowest BCUT2D eigenvalue weighted by Crippen LogP contribution is -2.53. The first-order valence-electron chi connectivity index (χ1n) is 12.3. The number of nitrogens with zero attached hydrogens (tertiary/aromatic N) is 4. The minimum absolute atomic E-state index is 0.0708. The van der Waals surface area contributed by atoms with Crippen LogP contribution in [0.3, 0.4) is 0 Å². The lowest BCUT2D eigenvalue weighted by molar-refractivity contribution is -0.137. The molecule has 5 rings (SSSR count). The van der Waals surface area contributed by atoms with Gasteiger partial charge in [0.25, 0.3) is 17.7 Å². The minimum Gasteiger partial charge on any atom is -0.459 e. The maximum Gasteiger partial charge on any atom is 0.289 e. The average molecular weight is 495 g/mol. The maximum absolute atomic E-state index is 13.4. The van der Waals surface area contributed by atoms with E-state index in [2.05, 4.69) is 4.90 Å². The number of fused-ring (bicyclic) bond motifs is 1. The van der Waals surface area contributed by atoms with Crippen molar-refractivity contribution in [2.75, 3.05) is 64.4 Å². The molecule has 0 bridgehead atoms. The van der Waals surface area contributed by atoms with Gasteiger partial charge in [-0.2, -0.15) is 0 Å². The average Bonchev–Trinajstić information content (AvgIpc) is 3.54. The molecule has 10 heteroatoms. The van der Waals surface area contributed by atoms with E-state index in [-0.39, 0.29) is 42.7 Å². The molecule has 0 N–H and O–H groups in total. The second kappa shape index (κ2) is 10.1. The van der Waals surface area contributed by atoms with Gasteiger partial charge in [-0.15, -0.1) is 0 Å². The van der Waals surface area contributed by atoms with E-state index < -0.39 is 0 Å². The van der Waals surface area contributed by atoms with Crippen molar-refractivity contribution >= 4 is 29.3 Å². The number of benzene rings is 1. The number of hydrogen-bond donors (Lipinski definition) is 0. The molecule has 3 aliphatic heterocycles. The summed E-state index contributed by atoms with van der Waals surface area (Å²) in [5.74, 6) is -0.608. The van der Waals surface area contributed by atoms with Gasteiger partial charge in [-0.1, -0.05) is 6.07 Å². The van der Waals surface area contributed by atoms with Crippen molar-refractivity contribution in [2.45, 2.75) is 12.8 Å². The molecule has 1 unspecified atom stereocenters. The molecule has 1 atom stereocenters. The molecule has 0 aliphatic carbocycles. The predicted molar refractivity (Wildman–Crippen MR) is 130 cm³/mol. The number of imide groups is 1. The molecule has 4 heterocycles. The Balaban J connectivity index is 1.25. The number of furan rings is 1. The SMILES string of the molecule is COCCN1C(=O)c2cccc(N3CCCC(C(=O)N4CCN(C(=O)c5ccco5)CC4)C3)c2C1=O. The van der Waals surface area contributed by atoms with Crippen LogP contribution in [-0.2, 0) is 9.53 Å². The van der Waals surface area contributed by atoms with Crippen LogP contribution in [0, 0.1) is 5.92 Å². The third kappa shape index (κ3) is 4.37. The zero-order valence-electron chi connectivity index (χ0n) is 20.4. The fourth-order valence-corrected chi connectivity index (χ4v) is 5.31. The second-order valence-corrected chi connectivity index (χ2v) is 9.33. The van der Waals surface area contributed by atoms with E-state index in [0.29, 0.717) is 61.8 Å². The van der Waals surface area contributed by atoms with E-state index in [9.17, 15) is 19.2 Å². The first kappa shape index (κ1) is 24.1. The van der Waals surface area contributed by atoms with Crippen molar-refractivity contribution < 1.29 is 28.3 Å². The number of rotatable bonds is 6. The highest BCUT2D eigenvalue weighted by Gasteiger charge is 2.39. The van der Waals surface area contributed by atoms with Gasteiger partial charge in [-0.25, -0.2) is 0 Å². The van der Waals surface area contributed by atoms with Crippen LogP contribution in [0.15, 0.2) is 41.0 Å². The zero-order chi connectivity index (χ0) is 25.2. The van der Waals surface area contributed by atoms with E-state index in [4.69, 9.17) is 9.15 Å². The number of carbonyl (C=O) groups excluding carboxylic acids is 4. The summed E-state index contributed by atoms with van der Waals surface area (Å²) < 4.78 is 10.3. The highest BCUT2D eigenvalue weighted by atomic mass is 16.5. The smallest absolute Gasteiger partial charge is 0.289 e. The maximum atomic E-state index is 13.4. The topological polar surface area (TPSA) is 104 Å². The van der Waals surface area contributed by atoms with Crippen molar-refractivity contribution in [3.05, 3.63) is 53.5 Å². The molecular formula is C26H30N4O6. The van der Waals surface area contributed by atoms with Crippen molar-refractivity contribution in [2.24, 2.45) is 5.92 Å². The van der Waals surface area contributed by atoms with Gasteiger partial charge in [-0.3, -0.25) is 24.1 Å². The van der Waals surface area contributed by atoms with Crippen molar-refractivity contribution in [3.8, 4) is 0 Å². The molecule has 1 aromatic carbocycles. The van der Waals surface area contributed by atoms with Gasteiger partial charge in [0, 0.05) is 46.4 Å². The Bertz CT molecular complexity index is 1160. The van der Waals surface area contributed by atoms with Crippen molar-refractivity contribution in [1.29, 1.82) is 0 Å². The van der Waals surface area contributed by atoms with Crippen molar-refractivity contribution in [1.82, 2.24) is 14.7 Å². The van der Waals surface area contributed by atoms with Gasteiger partial charge in [0.1, 0.15) is 0 Å². The number of hydrogen-bond acceptors (Lipinski definition) is 7. The van der Waals surface area contributed by atoms with Crippen molar-refractivity contribution in [3.63, 3.8) is 0 Å². The lowest BCUT2D eigenvalue weighted by atomic mass is 9.94. The van der Waals surface area contributed by atoms with E-state index in [1.165, 1.54) is 18.3 Å². The van der Waals surface area contributed by atoms with Gasteiger partial charge in [0.05, 0.1) is 42.1 Å². The summed E-state index contributed by atoms with van der Waals surface area (Å²) in [4.78, 5) is 58.7. The van der Waals surface area contributed by atoms with Gasteiger partial charge in [0.2, 0.25) is 5.91 Å². The van der Waals surface area contributed by atoms with Crippen LogP contribution in [0.1, 0.15) is 44.1 Å². The number of ether oxygens (including phenoxy) is 1. The Hall–Kier alpha value is -3.66. The Morgan fingerprint density at radius 3 is 2.50 bits per heavy atom. The van der Waals surface area contributed by atoms with E-state index in [1.807, 2.05) is 11.0 Å². The number of piperidine rings is 1. The summed E-state index contributed by atoms with van der Waals surface area (Å²) in [6.45, 7) is 3.56. The lowest BCUT2D eigenvalue weighted by Gasteiger charge is -2.39. The van der Waals surface area contributed by atoms with Gasteiger partial charge in [-0.05, 0) is 37.1 Å². The predicted octanol–water partition coefficient (Wildman–Crippen LogP) is 1.72. The zero-order valence-corrected chi connectivity index (χ0v) is 20.4. The molecule has 0 radical (unpaired) electrons. The molecule has 36 heavy (non-hydrogen) atoms. The van der Waals surface area contributed by atoms with Crippen LogP contribution < -0.4 is 4.90 Å². The summed E-state index contributed by atoms with van der Waals surface area (Å²) in [5.41, 5.74) is 1.52. The van der Waals surface area contributed by atoms with Gasteiger partial charge < -0.3 is 23.9 Å². The first-order valence-corrected chi connectivity index (χ1v) is 12.3. The molecule has 4 amide bonds. The van der Waals surface area contributed by atoms with E-state index >= 15 is 0 Å². The van der Waals surface area contributed by atoms with Crippen LogP contribution in [0.2, 0.25) is 0 Å². The number of carbonyl (C=O) groups is 4. The van der Waals surface area contributed by atoms with Crippen LogP contribution in [0.25, 0.3) is 0 Å². The highest BCUT2D eigenvalue weighted by molar-refractivity contribution is 6.23. The van der Waals surface area contributed by atoms with E-state index in [1.54, 1.807) is 29.2 Å². The number of anilines is 1. The van der Waals surface area contributed by atoms with Gasteiger partial charge >= 0.3 is 0 Å². The molecule has 0 saturated carbocycles. The molecule has 2 aromatic rings. The molecule has 0 spiro atoms. The number of piperazine rings is 1. The Morgan fingerprint density at radius 1 is 1.00 bits per heavy atom. The molecule has 2 fully saturated rings. The Morgan fingerprint density at radius 2 is 1.78 bits per heavy atom. The summed E-state index contributed by atoms with van der Waals surface area (Å²) in [5, 5.41) is 0. The van der Waals surface area contributed by atoms with Crippen LogP contribution >= 0.6 is 0 Å². The standard InChI is InChI=1S/C26H30N4O6/c1-35-16-14-30-24(32)19-6-2-7-20(22(19)26(30)34)29-9-3-5-18(17-29)23(31)27-10-12-28(13-11-27)25(33)21-8-4-15-36-21/h2,4,6-8,15,18H,3,5,9-14,16-17H2,1H3. The quantitative estimate of drug-likeness (QED) is 0.564. The fourth-order valence-electron chi connectivity index (χ4n) is 5.31. The minimum atomic E-state index is -0.312. The number of amides is 4. The normalized spacial score (nSPS) is 20.2. The van der Waals surface area contributed by atoms with Gasteiger partial charge in [0.15, 0.2) is 5.76 Å². The third-order valence-corrected chi connectivity index (χ3v) is 7.22. The first-order chi connectivity index (χ1) is 17.5. The molecular weight excluding hydrogens is 464 g/mol. The largest absolute Gasteiger partial charge is 0.459 e. The summed E-state index contributed by atoms with van der Waals surface area (Å²) >= 11 is 0. The Kier molecular flexibility index (Phi) is 6.77. The van der Waals surface area contributed by atoms with Crippen LogP contribution in [0.5, 0.6) is 0 Å². The van der Waals surface area contributed by atoms with Crippen LogP contribution in [0.4, 0.5) is 5.69 Å². The summed E-state index contributed by atoms with van der Waals surface area (Å²) in [6.07, 6.45) is 3.06. The summed E-state index contributed by atoms with van der Waals surface area (Å²) in [7, 11) is 1.53. The molecule has 3 aliphatic rings. The van der Waals surface area contributed by atoms with E-state index in [0.717, 1.165) is 12.8 Å². The molecule has 10 nitrogen and oxygen atoms in total. The summed E-state index contributed by atoms with van der Waals surface area (Å²) in [6, 6.07) is 8.66. The second-order valence-electron chi connectivity index (χ2n) is 9.33. The van der Waals surface area contributed by atoms with Crippen LogP contribution in [-0.4, -0.2) is 97.9 Å². The fraction of sp³-hybridized carbons (Fsp3) is 0.462. The molecule has 2 saturated heterocycles. The molecule has 1 aromatic heterocycles. The third-order valence-electron chi connectivity index (χ3n) is 7.22. The highest BCUT2D eigenvalue weighted by Crippen LogP contribution is 2.34. The number of methoxy groups -OCH3 is 1.